The first-order chi connectivity index (χ1) is 11.8. The molecule has 0 radical (unpaired) electrons. The highest BCUT2D eigenvalue weighted by atomic mass is 16.5. The van der Waals surface area contributed by atoms with E-state index in [9.17, 15) is 5.11 Å². The molecule has 6 heteroatoms. The molecule has 1 atom stereocenters. The molecular weight excluding hydrogens is 306 g/mol. The number of hydrogen-bond donors (Lipinski definition) is 1. The van der Waals surface area contributed by atoms with Crippen LogP contribution in [0, 0.1) is 0 Å². The highest BCUT2D eigenvalue weighted by molar-refractivity contribution is 5.53. The average molecular weight is 331 g/mol. The van der Waals surface area contributed by atoms with Gasteiger partial charge in [-0.25, -0.2) is 0 Å². The lowest BCUT2D eigenvalue weighted by molar-refractivity contribution is 0.144. The van der Waals surface area contributed by atoms with Crippen LogP contribution in [0.1, 0.15) is 38.5 Å². The van der Waals surface area contributed by atoms with Crippen molar-refractivity contribution >= 4 is 0 Å². The minimum absolute atomic E-state index is 0.181. The van der Waals surface area contributed by atoms with Crippen LogP contribution in [0.2, 0.25) is 0 Å². The van der Waals surface area contributed by atoms with Gasteiger partial charge < -0.3 is 14.3 Å². The number of ether oxygens (including phenoxy) is 1. The molecule has 130 valence electrons. The molecule has 0 saturated carbocycles. The third-order valence-electron chi connectivity index (χ3n) is 4.38. The lowest BCUT2D eigenvalue weighted by Crippen LogP contribution is -2.31. The molecule has 1 N–H and O–H groups in total. The molecule has 1 fully saturated rings. The molecule has 1 aliphatic rings. The van der Waals surface area contributed by atoms with Crippen molar-refractivity contribution < 1.29 is 14.3 Å². The number of likely N-dealkylation sites (tertiary alicyclic amines) is 1. The van der Waals surface area contributed by atoms with E-state index in [0.29, 0.717) is 18.3 Å². The van der Waals surface area contributed by atoms with E-state index in [2.05, 4.69) is 22.0 Å². The summed E-state index contributed by atoms with van der Waals surface area (Å²) in [5, 5.41) is 17.7. The van der Waals surface area contributed by atoms with Gasteiger partial charge in [-0.05, 0) is 50.1 Å². The second-order valence-electron chi connectivity index (χ2n) is 6.18. The van der Waals surface area contributed by atoms with Crippen molar-refractivity contribution in [2.75, 3.05) is 19.8 Å². The van der Waals surface area contributed by atoms with Gasteiger partial charge >= 0.3 is 0 Å². The second kappa shape index (κ2) is 8.26. The van der Waals surface area contributed by atoms with Crippen LogP contribution < -0.4 is 4.74 Å². The van der Waals surface area contributed by atoms with Gasteiger partial charge in [-0.2, -0.15) is 0 Å². The summed E-state index contributed by atoms with van der Waals surface area (Å²) in [6.07, 6.45) is 4.31. The van der Waals surface area contributed by atoms with Crippen LogP contribution in [-0.4, -0.2) is 46.0 Å². The second-order valence-corrected chi connectivity index (χ2v) is 6.18. The Morgan fingerprint density at radius 1 is 1.29 bits per heavy atom. The fourth-order valence-electron chi connectivity index (χ4n) is 2.95. The highest BCUT2D eigenvalue weighted by Gasteiger charge is 2.25. The number of aliphatic hydroxyl groups excluding tert-OH is 1. The van der Waals surface area contributed by atoms with Crippen LogP contribution in [0.5, 0.6) is 5.75 Å². The van der Waals surface area contributed by atoms with E-state index in [1.165, 1.54) is 0 Å². The standard InChI is InChI=1S/C18H25N3O3/c1-2-3-11-23-16-8-6-14(7-9-16)18-20-19-17(24-18)12-21-10-4-5-15(21)13-22/h6-9,15,22H,2-5,10-13H2,1H3/t15-/m1/s1. The molecular formula is C18H25N3O3. The maximum absolute atomic E-state index is 9.38. The predicted octanol–water partition coefficient (Wildman–Crippen LogP) is 2.87. The summed E-state index contributed by atoms with van der Waals surface area (Å²) in [7, 11) is 0. The number of aromatic nitrogens is 2. The lowest BCUT2D eigenvalue weighted by Gasteiger charge is -2.20. The summed E-state index contributed by atoms with van der Waals surface area (Å²) in [6, 6.07) is 7.93. The van der Waals surface area contributed by atoms with Crippen molar-refractivity contribution in [3.8, 4) is 17.2 Å². The SMILES string of the molecule is CCCCOc1ccc(-c2nnc(CN3CCC[C@@H]3CO)o2)cc1. The van der Waals surface area contributed by atoms with Gasteiger partial charge in [0.2, 0.25) is 11.8 Å². The Morgan fingerprint density at radius 2 is 2.12 bits per heavy atom. The first-order valence-corrected chi connectivity index (χ1v) is 8.70. The molecule has 0 unspecified atom stereocenters. The molecule has 1 saturated heterocycles. The van der Waals surface area contributed by atoms with Gasteiger partial charge in [0.15, 0.2) is 0 Å². The fraction of sp³-hybridized carbons (Fsp3) is 0.556. The first-order valence-electron chi connectivity index (χ1n) is 8.70. The van der Waals surface area contributed by atoms with E-state index in [-0.39, 0.29) is 12.6 Å². The first kappa shape index (κ1) is 16.9. The summed E-state index contributed by atoms with van der Waals surface area (Å²) in [4.78, 5) is 2.20. The zero-order valence-corrected chi connectivity index (χ0v) is 14.1. The van der Waals surface area contributed by atoms with Gasteiger partial charge in [0, 0.05) is 11.6 Å². The Hall–Kier alpha value is -1.92. The molecule has 1 aromatic heterocycles. The van der Waals surface area contributed by atoms with Gasteiger partial charge in [0.1, 0.15) is 5.75 Å². The van der Waals surface area contributed by atoms with Crippen LogP contribution in [0.15, 0.2) is 28.7 Å². The molecule has 3 rings (SSSR count). The van der Waals surface area contributed by atoms with Crippen LogP contribution in [0.3, 0.4) is 0 Å². The molecule has 1 aromatic carbocycles. The summed E-state index contributed by atoms with van der Waals surface area (Å²) in [6.45, 7) is 4.62. The molecule has 0 amide bonds. The van der Waals surface area contributed by atoms with Gasteiger partial charge in [-0.15, -0.1) is 10.2 Å². The lowest BCUT2D eigenvalue weighted by atomic mass is 10.2. The van der Waals surface area contributed by atoms with Crippen molar-refractivity contribution in [3.63, 3.8) is 0 Å². The summed E-state index contributed by atoms with van der Waals surface area (Å²) in [5.74, 6) is 1.97. The molecule has 1 aliphatic heterocycles. The molecule has 24 heavy (non-hydrogen) atoms. The molecule has 6 nitrogen and oxygen atoms in total. The number of aliphatic hydroxyl groups is 1. The van der Waals surface area contributed by atoms with E-state index in [0.717, 1.165) is 50.1 Å². The smallest absolute Gasteiger partial charge is 0.247 e. The fourth-order valence-corrected chi connectivity index (χ4v) is 2.95. The predicted molar refractivity (Wildman–Crippen MR) is 90.7 cm³/mol. The number of hydrogen-bond acceptors (Lipinski definition) is 6. The summed E-state index contributed by atoms with van der Waals surface area (Å²) < 4.78 is 11.4. The van der Waals surface area contributed by atoms with Gasteiger partial charge in [0.25, 0.3) is 0 Å². The van der Waals surface area contributed by atoms with Crippen LogP contribution >= 0.6 is 0 Å². The van der Waals surface area contributed by atoms with E-state index >= 15 is 0 Å². The minimum atomic E-state index is 0.181. The Kier molecular flexibility index (Phi) is 5.82. The van der Waals surface area contributed by atoms with E-state index in [1.54, 1.807) is 0 Å². The van der Waals surface area contributed by atoms with Crippen LogP contribution in [-0.2, 0) is 6.54 Å². The van der Waals surface area contributed by atoms with E-state index in [1.807, 2.05) is 24.3 Å². The molecule has 2 heterocycles. The Labute approximate surface area is 142 Å². The third-order valence-corrected chi connectivity index (χ3v) is 4.38. The Morgan fingerprint density at radius 3 is 2.88 bits per heavy atom. The monoisotopic (exact) mass is 331 g/mol. The Balaban J connectivity index is 1.60. The molecule has 0 aliphatic carbocycles. The summed E-state index contributed by atoms with van der Waals surface area (Å²) in [5.41, 5.74) is 0.886. The number of nitrogens with zero attached hydrogens (tertiary/aromatic N) is 3. The van der Waals surface area contributed by atoms with Crippen molar-refractivity contribution in [1.82, 2.24) is 15.1 Å². The van der Waals surface area contributed by atoms with Gasteiger partial charge in [-0.1, -0.05) is 13.3 Å². The highest BCUT2D eigenvalue weighted by Crippen LogP contribution is 2.23. The quantitative estimate of drug-likeness (QED) is 0.750. The zero-order valence-electron chi connectivity index (χ0n) is 14.1. The largest absolute Gasteiger partial charge is 0.494 e. The summed E-state index contributed by atoms with van der Waals surface area (Å²) >= 11 is 0. The maximum Gasteiger partial charge on any atom is 0.247 e. The maximum atomic E-state index is 9.38. The zero-order chi connectivity index (χ0) is 16.8. The molecule has 2 aromatic rings. The molecule has 0 spiro atoms. The van der Waals surface area contributed by atoms with Gasteiger partial charge in [0.05, 0.1) is 19.8 Å². The van der Waals surface area contributed by atoms with Gasteiger partial charge in [-0.3, -0.25) is 4.90 Å². The average Bonchev–Trinajstić information content (AvgIpc) is 3.25. The van der Waals surface area contributed by atoms with Crippen molar-refractivity contribution in [3.05, 3.63) is 30.2 Å². The normalized spacial score (nSPS) is 18.2. The number of rotatable bonds is 8. The van der Waals surface area contributed by atoms with Crippen LogP contribution in [0.4, 0.5) is 0 Å². The van der Waals surface area contributed by atoms with Crippen LogP contribution in [0.25, 0.3) is 11.5 Å². The third kappa shape index (κ3) is 4.13. The van der Waals surface area contributed by atoms with Crippen molar-refractivity contribution in [1.29, 1.82) is 0 Å². The number of benzene rings is 1. The molecule has 0 bridgehead atoms. The topological polar surface area (TPSA) is 71.6 Å². The number of unbranched alkanes of at least 4 members (excludes halogenated alkanes) is 1. The van der Waals surface area contributed by atoms with Crippen molar-refractivity contribution in [2.45, 2.75) is 45.2 Å². The van der Waals surface area contributed by atoms with E-state index in [4.69, 9.17) is 9.15 Å². The Bertz CT molecular complexity index is 627. The minimum Gasteiger partial charge on any atom is -0.494 e. The van der Waals surface area contributed by atoms with E-state index < -0.39 is 0 Å². The van der Waals surface area contributed by atoms with Crippen molar-refractivity contribution in [2.24, 2.45) is 0 Å².